The van der Waals surface area contributed by atoms with Crippen molar-refractivity contribution in [3.63, 3.8) is 0 Å². The lowest BCUT2D eigenvalue weighted by atomic mass is 10.1. The van der Waals surface area contributed by atoms with Crippen molar-refractivity contribution in [1.82, 2.24) is 23.8 Å². The monoisotopic (exact) mass is 519 g/mol. The Morgan fingerprint density at radius 3 is 2.44 bits per heavy atom. The molecule has 0 spiro atoms. The lowest BCUT2D eigenvalue weighted by Crippen LogP contribution is -2.40. The van der Waals surface area contributed by atoms with E-state index in [1.54, 1.807) is 48.7 Å². The van der Waals surface area contributed by atoms with E-state index in [0.717, 1.165) is 29.7 Å². The normalized spacial score (nSPS) is 13.7. The van der Waals surface area contributed by atoms with Crippen LogP contribution in [0.25, 0.3) is 22.2 Å². The van der Waals surface area contributed by atoms with E-state index >= 15 is 0 Å². The molecule has 0 amide bonds. The largest absolute Gasteiger partial charge is 0.382 e. The van der Waals surface area contributed by atoms with Crippen LogP contribution < -0.4 is 22.1 Å². The fourth-order valence-electron chi connectivity index (χ4n) is 5.40. The molecule has 0 radical (unpaired) electrons. The number of rotatable bonds is 7. The Balaban J connectivity index is 1.35. The molecule has 8 nitrogen and oxygen atoms in total. The second-order valence-corrected chi connectivity index (χ2v) is 10.1. The summed E-state index contributed by atoms with van der Waals surface area (Å²) >= 11 is 0. The first-order valence-corrected chi connectivity index (χ1v) is 13.2. The first-order chi connectivity index (χ1) is 19.0. The second kappa shape index (κ2) is 10.2. The molecule has 39 heavy (non-hydrogen) atoms. The van der Waals surface area contributed by atoms with Crippen LogP contribution in [0.3, 0.4) is 0 Å². The van der Waals surface area contributed by atoms with E-state index in [1.807, 2.05) is 24.3 Å². The summed E-state index contributed by atoms with van der Waals surface area (Å²) in [5.74, 6) is 0. The van der Waals surface area contributed by atoms with Crippen molar-refractivity contribution >= 4 is 22.2 Å². The van der Waals surface area contributed by atoms with Gasteiger partial charge in [-0.1, -0.05) is 61.9 Å². The molecule has 0 bridgehead atoms. The minimum atomic E-state index is -0.454. The molecular weight excluding hydrogens is 490 g/mol. The molecule has 2 aromatic carbocycles. The molecule has 1 fully saturated rings. The molecular formula is C31H29N5O3. The van der Waals surface area contributed by atoms with Gasteiger partial charge in [0.1, 0.15) is 5.65 Å². The summed E-state index contributed by atoms with van der Waals surface area (Å²) < 4.78 is 4.21. The van der Waals surface area contributed by atoms with E-state index in [-0.39, 0.29) is 24.2 Å². The average Bonchev–Trinajstić information content (AvgIpc) is 3.47. The summed E-state index contributed by atoms with van der Waals surface area (Å²) in [6, 6.07) is 22.0. The van der Waals surface area contributed by atoms with E-state index in [9.17, 15) is 14.4 Å². The molecule has 196 valence electrons. The maximum Gasteiger partial charge on any atom is 0.332 e. The van der Waals surface area contributed by atoms with Gasteiger partial charge >= 0.3 is 5.69 Å². The lowest BCUT2D eigenvalue weighted by Gasteiger charge is -2.17. The zero-order chi connectivity index (χ0) is 26.9. The summed E-state index contributed by atoms with van der Waals surface area (Å²) in [4.78, 5) is 44.4. The summed E-state index contributed by atoms with van der Waals surface area (Å²) in [6.45, 7) is 4.38. The zero-order valence-electron chi connectivity index (χ0n) is 21.5. The molecule has 3 heterocycles. The third-order valence-electron chi connectivity index (χ3n) is 7.45. The number of aromatic nitrogens is 4. The van der Waals surface area contributed by atoms with Crippen LogP contribution in [0, 0.1) is 0 Å². The van der Waals surface area contributed by atoms with Gasteiger partial charge in [0.2, 0.25) is 0 Å². The minimum Gasteiger partial charge on any atom is -0.382 e. The fraction of sp³-hybridized carbons (Fsp3) is 0.226. The number of hydrogen-bond donors (Lipinski definition) is 1. The Labute approximate surface area is 224 Å². The highest BCUT2D eigenvalue weighted by Crippen LogP contribution is 2.21. The van der Waals surface area contributed by atoms with Gasteiger partial charge in [0.05, 0.1) is 29.7 Å². The standard InChI is InChI=1S/C31H29N5O3/c1-21(32-24-8-2-3-9-24)23-15-13-22(14-16-23)19-36-30(38)26-10-4-5-11-27(26)35(31(36)39)20-25-18-29(37)34-17-7-6-12-28(34)33-25/h4-7,10-18,24,32H,1-3,8-9,19-20H2. The van der Waals surface area contributed by atoms with Crippen molar-refractivity contribution in [3.05, 3.63) is 134 Å². The quantitative estimate of drug-likeness (QED) is 0.354. The van der Waals surface area contributed by atoms with Crippen LogP contribution in [0.1, 0.15) is 42.5 Å². The number of hydrogen-bond acceptors (Lipinski definition) is 5. The van der Waals surface area contributed by atoms with Gasteiger partial charge in [-0.3, -0.25) is 23.1 Å². The van der Waals surface area contributed by atoms with Crippen molar-refractivity contribution in [1.29, 1.82) is 0 Å². The zero-order valence-corrected chi connectivity index (χ0v) is 21.5. The van der Waals surface area contributed by atoms with E-state index in [1.165, 1.54) is 32.4 Å². The number of para-hydroxylation sites is 1. The van der Waals surface area contributed by atoms with Gasteiger partial charge in [-0.2, -0.15) is 0 Å². The first-order valence-electron chi connectivity index (χ1n) is 13.2. The van der Waals surface area contributed by atoms with Crippen LogP contribution in [0.2, 0.25) is 0 Å². The highest BCUT2D eigenvalue weighted by Gasteiger charge is 2.17. The third-order valence-corrected chi connectivity index (χ3v) is 7.45. The molecule has 0 saturated heterocycles. The molecule has 1 aliphatic rings. The van der Waals surface area contributed by atoms with Crippen molar-refractivity contribution in [2.24, 2.45) is 0 Å². The van der Waals surface area contributed by atoms with Crippen molar-refractivity contribution in [3.8, 4) is 0 Å². The predicted molar refractivity (Wildman–Crippen MR) is 153 cm³/mol. The molecule has 1 saturated carbocycles. The third kappa shape index (κ3) is 4.81. The molecule has 1 N–H and O–H groups in total. The Hall–Kier alpha value is -4.72. The number of pyridine rings is 1. The van der Waals surface area contributed by atoms with E-state index in [2.05, 4.69) is 16.9 Å². The maximum atomic E-state index is 13.7. The molecule has 0 aliphatic heterocycles. The Morgan fingerprint density at radius 1 is 0.897 bits per heavy atom. The van der Waals surface area contributed by atoms with Gasteiger partial charge < -0.3 is 5.32 Å². The van der Waals surface area contributed by atoms with Crippen LogP contribution in [0.15, 0.2) is 100.0 Å². The van der Waals surface area contributed by atoms with Gasteiger partial charge in [0.25, 0.3) is 11.1 Å². The summed E-state index contributed by atoms with van der Waals surface area (Å²) in [5, 5.41) is 3.95. The Bertz CT molecular complexity index is 1880. The van der Waals surface area contributed by atoms with Gasteiger partial charge in [0.15, 0.2) is 0 Å². The van der Waals surface area contributed by atoms with E-state index < -0.39 is 5.69 Å². The molecule has 6 rings (SSSR count). The van der Waals surface area contributed by atoms with Gasteiger partial charge in [-0.25, -0.2) is 9.78 Å². The predicted octanol–water partition coefficient (Wildman–Crippen LogP) is 3.77. The number of fused-ring (bicyclic) bond motifs is 2. The van der Waals surface area contributed by atoms with Gasteiger partial charge in [0, 0.05) is 24.0 Å². The highest BCUT2D eigenvalue weighted by atomic mass is 16.2. The summed E-state index contributed by atoms with van der Waals surface area (Å²) in [6.07, 6.45) is 6.48. The van der Waals surface area contributed by atoms with Crippen molar-refractivity contribution in [2.45, 2.75) is 44.8 Å². The van der Waals surface area contributed by atoms with Gasteiger partial charge in [-0.15, -0.1) is 0 Å². The second-order valence-electron chi connectivity index (χ2n) is 10.1. The van der Waals surface area contributed by atoms with Crippen LogP contribution in [-0.4, -0.2) is 24.6 Å². The maximum absolute atomic E-state index is 13.7. The van der Waals surface area contributed by atoms with Crippen LogP contribution in [0.5, 0.6) is 0 Å². The van der Waals surface area contributed by atoms with E-state index in [0.29, 0.717) is 28.3 Å². The van der Waals surface area contributed by atoms with Crippen LogP contribution in [-0.2, 0) is 13.1 Å². The Morgan fingerprint density at radius 2 is 1.64 bits per heavy atom. The molecule has 3 aromatic heterocycles. The number of nitrogens with one attached hydrogen (secondary N) is 1. The smallest absolute Gasteiger partial charge is 0.332 e. The van der Waals surface area contributed by atoms with Crippen LogP contribution in [0.4, 0.5) is 0 Å². The number of nitrogens with zero attached hydrogens (tertiary/aromatic N) is 4. The summed E-state index contributed by atoms with van der Waals surface area (Å²) in [5.41, 5.74) is 3.11. The SMILES string of the molecule is C=C(NC1CCCC1)c1ccc(Cn2c(=O)c3ccccc3n(Cc3cc(=O)n4ccccc4n3)c2=O)cc1. The molecule has 5 aromatic rings. The molecule has 8 heteroatoms. The topological polar surface area (TPSA) is 90.4 Å². The first kappa shape index (κ1) is 24.6. The van der Waals surface area contributed by atoms with Crippen molar-refractivity contribution < 1.29 is 0 Å². The van der Waals surface area contributed by atoms with E-state index in [4.69, 9.17) is 0 Å². The average molecular weight is 520 g/mol. The minimum absolute atomic E-state index is 0.0614. The Kier molecular flexibility index (Phi) is 6.44. The van der Waals surface area contributed by atoms with Crippen LogP contribution >= 0.6 is 0 Å². The molecule has 1 aliphatic carbocycles. The lowest BCUT2D eigenvalue weighted by molar-refractivity contribution is 0.619. The molecule has 0 atom stereocenters. The van der Waals surface area contributed by atoms with Gasteiger partial charge in [-0.05, 0) is 48.2 Å². The summed E-state index contributed by atoms with van der Waals surface area (Å²) in [7, 11) is 0. The highest BCUT2D eigenvalue weighted by molar-refractivity contribution is 5.78. The van der Waals surface area contributed by atoms with Crippen molar-refractivity contribution in [2.75, 3.05) is 0 Å². The molecule has 0 unspecified atom stereocenters. The fourth-order valence-corrected chi connectivity index (χ4v) is 5.40. The number of benzene rings is 2.